The molecular formula is C22H30O7. The second kappa shape index (κ2) is 12.0. The highest BCUT2D eigenvalue weighted by Gasteiger charge is 2.16. The summed E-state index contributed by atoms with van der Waals surface area (Å²) in [6.45, 7) is 4.72. The van der Waals surface area contributed by atoms with E-state index in [0.717, 1.165) is 19.3 Å². The number of fused-ring (bicyclic) bond motifs is 1. The van der Waals surface area contributed by atoms with Crippen LogP contribution in [-0.4, -0.2) is 30.9 Å². The molecule has 1 aromatic heterocycles. The van der Waals surface area contributed by atoms with Crippen LogP contribution < -0.4 is 15.1 Å². The Labute approximate surface area is 170 Å². The SMILES string of the molecule is CCCCCCCCOc1c(O)c2ccc(OCCC(=O)OCC)cc2oc1=O. The zero-order valence-electron chi connectivity index (χ0n) is 17.2. The largest absolute Gasteiger partial charge is 0.504 e. The highest BCUT2D eigenvalue weighted by molar-refractivity contribution is 5.86. The maximum Gasteiger partial charge on any atom is 0.383 e. The molecule has 0 saturated carbocycles. The highest BCUT2D eigenvalue weighted by Crippen LogP contribution is 2.33. The Morgan fingerprint density at radius 3 is 2.55 bits per heavy atom. The fraction of sp³-hybridized carbons (Fsp3) is 0.545. The Kier molecular flexibility index (Phi) is 9.34. The molecular weight excluding hydrogens is 376 g/mol. The van der Waals surface area contributed by atoms with E-state index in [0.29, 0.717) is 24.3 Å². The van der Waals surface area contributed by atoms with E-state index in [4.69, 9.17) is 18.6 Å². The quantitative estimate of drug-likeness (QED) is 0.296. The summed E-state index contributed by atoms with van der Waals surface area (Å²) in [4.78, 5) is 23.5. The number of carbonyl (C=O) groups excluding carboxylic acids is 1. The summed E-state index contributed by atoms with van der Waals surface area (Å²) in [7, 11) is 0. The summed E-state index contributed by atoms with van der Waals surface area (Å²) < 4.78 is 21.1. The molecule has 29 heavy (non-hydrogen) atoms. The summed E-state index contributed by atoms with van der Waals surface area (Å²) in [6, 6.07) is 4.72. The smallest absolute Gasteiger partial charge is 0.383 e. The van der Waals surface area contributed by atoms with Gasteiger partial charge in [-0.1, -0.05) is 39.0 Å². The van der Waals surface area contributed by atoms with Gasteiger partial charge in [0.25, 0.3) is 0 Å². The minimum absolute atomic E-state index is 0.117. The minimum Gasteiger partial charge on any atom is -0.504 e. The van der Waals surface area contributed by atoms with Gasteiger partial charge in [0, 0.05) is 6.07 Å². The van der Waals surface area contributed by atoms with Gasteiger partial charge in [-0.3, -0.25) is 4.79 Å². The molecule has 2 aromatic rings. The Balaban J connectivity index is 1.96. The number of esters is 1. The van der Waals surface area contributed by atoms with E-state index >= 15 is 0 Å². The lowest BCUT2D eigenvalue weighted by Gasteiger charge is -2.10. The summed E-state index contributed by atoms with van der Waals surface area (Å²) in [5.41, 5.74) is -0.544. The molecule has 1 aromatic carbocycles. The van der Waals surface area contributed by atoms with E-state index in [2.05, 4.69) is 6.92 Å². The molecule has 1 heterocycles. The van der Waals surface area contributed by atoms with Gasteiger partial charge in [0.1, 0.15) is 11.3 Å². The lowest BCUT2D eigenvalue weighted by atomic mass is 10.1. The first-order valence-electron chi connectivity index (χ1n) is 10.3. The van der Waals surface area contributed by atoms with E-state index in [1.54, 1.807) is 19.1 Å². The first-order valence-corrected chi connectivity index (χ1v) is 10.3. The molecule has 7 heteroatoms. The summed E-state index contributed by atoms with van der Waals surface area (Å²) >= 11 is 0. The normalized spacial score (nSPS) is 10.8. The van der Waals surface area contributed by atoms with Crippen LogP contribution in [0.1, 0.15) is 58.8 Å². The molecule has 0 aliphatic carbocycles. The maximum absolute atomic E-state index is 12.2. The number of aromatic hydroxyl groups is 1. The standard InChI is InChI=1S/C22H30O7/c1-3-5-6-7-8-9-13-28-21-20(24)17-11-10-16(15-18(17)29-22(21)25)27-14-12-19(23)26-4-2/h10-11,15,24H,3-9,12-14H2,1-2H3. The van der Waals surface area contributed by atoms with Crippen molar-refractivity contribution >= 4 is 16.9 Å². The third-order valence-corrected chi connectivity index (χ3v) is 4.44. The van der Waals surface area contributed by atoms with Crippen molar-refractivity contribution in [3.63, 3.8) is 0 Å². The van der Waals surface area contributed by atoms with E-state index in [-0.39, 0.29) is 36.1 Å². The lowest BCUT2D eigenvalue weighted by Crippen LogP contribution is -2.10. The average Bonchev–Trinajstić information content (AvgIpc) is 2.69. The molecule has 0 bridgehead atoms. The second-order valence-electron chi connectivity index (χ2n) is 6.74. The second-order valence-corrected chi connectivity index (χ2v) is 6.74. The van der Waals surface area contributed by atoms with Crippen molar-refractivity contribution in [2.45, 2.75) is 58.8 Å². The third-order valence-electron chi connectivity index (χ3n) is 4.44. The van der Waals surface area contributed by atoms with Crippen LogP contribution in [0.25, 0.3) is 11.0 Å². The average molecular weight is 406 g/mol. The van der Waals surface area contributed by atoms with Crippen molar-refractivity contribution in [1.29, 1.82) is 0 Å². The molecule has 0 unspecified atom stereocenters. The Morgan fingerprint density at radius 1 is 1.03 bits per heavy atom. The predicted molar refractivity (Wildman–Crippen MR) is 110 cm³/mol. The molecule has 0 aliphatic heterocycles. The van der Waals surface area contributed by atoms with Crippen molar-refractivity contribution in [3.05, 3.63) is 28.6 Å². The van der Waals surface area contributed by atoms with Gasteiger partial charge in [0.05, 0.1) is 31.6 Å². The van der Waals surface area contributed by atoms with Crippen molar-refractivity contribution in [2.75, 3.05) is 19.8 Å². The van der Waals surface area contributed by atoms with Gasteiger partial charge in [-0.25, -0.2) is 4.79 Å². The number of rotatable bonds is 13. The predicted octanol–water partition coefficient (Wildman–Crippen LogP) is 4.57. The fourth-order valence-electron chi connectivity index (χ4n) is 2.91. The van der Waals surface area contributed by atoms with Crippen LogP contribution in [0.15, 0.2) is 27.4 Å². The number of benzene rings is 1. The van der Waals surface area contributed by atoms with Crippen LogP contribution in [0.5, 0.6) is 17.2 Å². The lowest BCUT2D eigenvalue weighted by molar-refractivity contribution is -0.143. The van der Waals surface area contributed by atoms with Crippen molar-refractivity contribution in [3.8, 4) is 17.2 Å². The van der Waals surface area contributed by atoms with E-state index in [9.17, 15) is 14.7 Å². The molecule has 160 valence electrons. The highest BCUT2D eigenvalue weighted by atomic mass is 16.5. The van der Waals surface area contributed by atoms with Gasteiger partial charge in [0.2, 0.25) is 5.75 Å². The molecule has 0 atom stereocenters. The van der Waals surface area contributed by atoms with Crippen LogP contribution in [0, 0.1) is 0 Å². The van der Waals surface area contributed by atoms with Gasteiger partial charge < -0.3 is 23.7 Å². The Bertz CT molecular complexity index is 841. The molecule has 1 N–H and O–H groups in total. The fourth-order valence-corrected chi connectivity index (χ4v) is 2.91. The van der Waals surface area contributed by atoms with Crippen LogP contribution in [0.3, 0.4) is 0 Å². The first-order chi connectivity index (χ1) is 14.1. The minimum atomic E-state index is -0.732. The van der Waals surface area contributed by atoms with Crippen molar-refractivity contribution in [2.24, 2.45) is 0 Å². The number of hydrogen-bond acceptors (Lipinski definition) is 7. The zero-order chi connectivity index (χ0) is 21.1. The van der Waals surface area contributed by atoms with Crippen LogP contribution in [-0.2, 0) is 9.53 Å². The molecule has 0 fully saturated rings. The number of unbranched alkanes of at least 4 members (excludes halogenated alkanes) is 5. The van der Waals surface area contributed by atoms with E-state index < -0.39 is 5.63 Å². The number of hydrogen-bond donors (Lipinski definition) is 1. The first kappa shape index (κ1) is 22.6. The molecule has 2 rings (SSSR count). The summed E-state index contributed by atoms with van der Waals surface area (Å²) in [6.07, 6.45) is 6.70. The third kappa shape index (κ3) is 7.00. The summed E-state index contributed by atoms with van der Waals surface area (Å²) in [5.74, 6) is -0.322. The van der Waals surface area contributed by atoms with Gasteiger partial charge in [0.15, 0.2) is 5.75 Å². The number of ether oxygens (including phenoxy) is 3. The monoisotopic (exact) mass is 406 g/mol. The zero-order valence-corrected chi connectivity index (χ0v) is 17.2. The maximum atomic E-state index is 12.2. The Hall–Kier alpha value is -2.70. The van der Waals surface area contributed by atoms with Gasteiger partial charge in [-0.05, 0) is 25.5 Å². The molecule has 0 saturated heterocycles. The van der Waals surface area contributed by atoms with Crippen LogP contribution in [0.2, 0.25) is 0 Å². The summed E-state index contributed by atoms with van der Waals surface area (Å²) in [5, 5.41) is 10.8. The van der Waals surface area contributed by atoms with Gasteiger partial charge in [-0.2, -0.15) is 0 Å². The molecule has 0 spiro atoms. The van der Waals surface area contributed by atoms with E-state index in [1.165, 1.54) is 25.3 Å². The van der Waals surface area contributed by atoms with Gasteiger partial charge >= 0.3 is 11.6 Å². The van der Waals surface area contributed by atoms with Gasteiger partial charge in [-0.15, -0.1) is 0 Å². The van der Waals surface area contributed by atoms with E-state index in [1.807, 2.05) is 0 Å². The van der Waals surface area contributed by atoms with Crippen molar-refractivity contribution in [1.82, 2.24) is 0 Å². The molecule has 0 amide bonds. The molecule has 7 nitrogen and oxygen atoms in total. The van der Waals surface area contributed by atoms with Crippen molar-refractivity contribution < 1.29 is 28.5 Å². The van der Waals surface area contributed by atoms with Crippen LogP contribution >= 0.6 is 0 Å². The van der Waals surface area contributed by atoms with Crippen LogP contribution in [0.4, 0.5) is 0 Å². The Morgan fingerprint density at radius 2 is 1.79 bits per heavy atom. The molecule has 0 aliphatic rings. The molecule has 0 radical (unpaired) electrons. The number of carbonyl (C=O) groups is 1. The topological polar surface area (TPSA) is 95.2 Å².